The van der Waals surface area contributed by atoms with Crippen LogP contribution in [0, 0.1) is 0 Å². The molecule has 2 aromatic rings. The minimum absolute atomic E-state index is 0. The fourth-order valence-corrected chi connectivity index (χ4v) is 4.03. The lowest BCUT2D eigenvalue weighted by atomic mass is 10.1. The molecule has 1 heterocycles. The van der Waals surface area contributed by atoms with Crippen LogP contribution in [-0.2, 0) is 5.88 Å². The number of thioether (sulfide) groups is 1. The van der Waals surface area contributed by atoms with Gasteiger partial charge in [0, 0.05) is 11.5 Å². The Morgan fingerprint density at radius 2 is 1.36 bits per heavy atom. The van der Waals surface area contributed by atoms with Crippen LogP contribution in [0.5, 0.6) is 0 Å². The Hall–Kier alpha value is -0.730. The molecule has 0 atom stereocenters. The average molecular weight is 380 g/mol. The lowest BCUT2D eigenvalue weighted by Gasteiger charge is -2.02. The summed E-state index contributed by atoms with van der Waals surface area (Å²) < 4.78 is 2.31. The third-order valence-corrected chi connectivity index (χ3v) is 5.69. The Labute approximate surface area is 165 Å². The summed E-state index contributed by atoms with van der Waals surface area (Å²) in [7, 11) is 0. The Balaban J connectivity index is 0.00000312. The summed E-state index contributed by atoms with van der Waals surface area (Å²) in [5, 5.41) is 2.66. The zero-order chi connectivity index (χ0) is 16.9. The van der Waals surface area contributed by atoms with Crippen LogP contribution in [0.2, 0.25) is 0 Å². The first-order chi connectivity index (χ1) is 11.9. The normalized spacial score (nSPS) is 10.8. The fraction of sp³-hybridized carbons (Fsp3) is 0.591. The minimum atomic E-state index is 0. The third-order valence-electron chi connectivity index (χ3n) is 4.63. The van der Waals surface area contributed by atoms with Crippen molar-refractivity contribution in [2.75, 3.05) is 5.75 Å². The largest absolute Gasteiger partial charge is 1.00 e. The number of hydrogen-bond acceptors (Lipinski definition) is 1. The van der Waals surface area contributed by atoms with Gasteiger partial charge in [-0.3, -0.25) is 0 Å². The van der Waals surface area contributed by atoms with Crippen molar-refractivity contribution >= 4 is 22.5 Å². The van der Waals surface area contributed by atoms with E-state index in [2.05, 4.69) is 66.0 Å². The molecule has 0 bridgehead atoms. The molecule has 0 N–H and O–H groups in total. The van der Waals surface area contributed by atoms with E-state index in [1.54, 1.807) is 0 Å². The van der Waals surface area contributed by atoms with E-state index in [9.17, 15) is 0 Å². The number of pyridine rings is 1. The van der Waals surface area contributed by atoms with Crippen LogP contribution in [0.25, 0.3) is 10.8 Å². The van der Waals surface area contributed by atoms with E-state index in [0.717, 1.165) is 5.88 Å². The SMILES string of the molecule is CCCCCCCCCCCCSC[n+]1ccc2ccccc2c1.[Cl-]. The molecule has 0 aliphatic heterocycles. The zero-order valence-electron chi connectivity index (χ0n) is 15.8. The summed E-state index contributed by atoms with van der Waals surface area (Å²) in [5.41, 5.74) is 0. The first-order valence-electron chi connectivity index (χ1n) is 9.86. The molecular formula is C22H34ClNS. The standard InChI is InChI=1S/C22H34NS.ClH/c1-2-3-4-5-6-7-8-9-10-13-18-24-20-23-17-16-21-14-11-12-15-22(21)19-23;/h11-12,14-17,19H,2-10,13,18,20H2,1H3;1H/q+1;/p-1. The van der Waals surface area contributed by atoms with Gasteiger partial charge in [0.25, 0.3) is 0 Å². The molecule has 0 amide bonds. The molecule has 0 saturated heterocycles. The average Bonchev–Trinajstić information content (AvgIpc) is 2.62. The number of nitrogens with zero attached hydrogens (tertiary/aromatic N) is 1. The maximum absolute atomic E-state index is 2.31. The van der Waals surface area contributed by atoms with Crippen LogP contribution in [0.15, 0.2) is 42.7 Å². The van der Waals surface area contributed by atoms with Crippen molar-refractivity contribution in [2.24, 2.45) is 0 Å². The summed E-state index contributed by atoms with van der Waals surface area (Å²) in [6.07, 6.45) is 18.7. The molecule has 140 valence electrons. The number of benzene rings is 1. The molecule has 1 aromatic heterocycles. The van der Waals surface area contributed by atoms with Gasteiger partial charge >= 0.3 is 0 Å². The second kappa shape index (κ2) is 14.4. The van der Waals surface area contributed by atoms with Crippen molar-refractivity contribution in [3.63, 3.8) is 0 Å². The van der Waals surface area contributed by atoms with E-state index >= 15 is 0 Å². The number of rotatable bonds is 13. The first kappa shape index (κ1) is 22.3. The van der Waals surface area contributed by atoms with E-state index in [-0.39, 0.29) is 12.4 Å². The van der Waals surface area contributed by atoms with Gasteiger partial charge in [-0.05, 0) is 23.6 Å². The summed E-state index contributed by atoms with van der Waals surface area (Å²) in [4.78, 5) is 0. The Morgan fingerprint density at radius 1 is 0.760 bits per heavy atom. The van der Waals surface area contributed by atoms with Crippen molar-refractivity contribution < 1.29 is 17.0 Å². The molecular weight excluding hydrogens is 346 g/mol. The second-order valence-corrected chi connectivity index (χ2v) is 7.88. The van der Waals surface area contributed by atoms with Gasteiger partial charge in [0.05, 0.1) is 0 Å². The predicted octanol–water partition coefficient (Wildman–Crippen LogP) is 3.74. The van der Waals surface area contributed by atoms with Gasteiger partial charge in [0.2, 0.25) is 0 Å². The van der Waals surface area contributed by atoms with E-state index in [4.69, 9.17) is 0 Å². The molecule has 0 unspecified atom stereocenters. The van der Waals surface area contributed by atoms with Gasteiger partial charge in [0.15, 0.2) is 18.3 Å². The Bertz CT molecular complexity index is 573. The minimum Gasteiger partial charge on any atom is -1.00 e. The highest BCUT2D eigenvalue weighted by molar-refractivity contribution is 7.98. The molecule has 3 heteroatoms. The van der Waals surface area contributed by atoms with E-state index in [0.29, 0.717) is 0 Å². The maximum atomic E-state index is 2.31. The Kier molecular flexibility index (Phi) is 12.9. The topological polar surface area (TPSA) is 3.88 Å². The van der Waals surface area contributed by atoms with Crippen LogP contribution in [0.4, 0.5) is 0 Å². The lowest BCUT2D eigenvalue weighted by Crippen LogP contribution is -3.00. The monoisotopic (exact) mass is 379 g/mol. The van der Waals surface area contributed by atoms with Crippen LogP contribution in [-0.4, -0.2) is 5.75 Å². The van der Waals surface area contributed by atoms with Crippen molar-refractivity contribution in [2.45, 2.75) is 77.0 Å². The number of fused-ring (bicyclic) bond motifs is 1. The summed E-state index contributed by atoms with van der Waals surface area (Å²) in [5.74, 6) is 2.36. The highest BCUT2D eigenvalue weighted by Gasteiger charge is 2.02. The van der Waals surface area contributed by atoms with Crippen LogP contribution in [0.1, 0.15) is 71.1 Å². The molecule has 0 aliphatic carbocycles. The van der Waals surface area contributed by atoms with Crippen molar-refractivity contribution in [3.05, 3.63) is 42.7 Å². The smallest absolute Gasteiger partial charge is 0.194 e. The third kappa shape index (κ3) is 9.51. The predicted molar refractivity (Wildman–Crippen MR) is 108 cm³/mol. The van der Waals surface area contributed by atoms with Gasteiger partial charge in [-0.2, -0.15) is 4.57 Å². The summed E-state index contributed by atoms with van der Waals surface area (Å²) >= 11 is 2.06. The Morgan fingerprint density at radius 3 is 2.04 bits per heavy atom. The van der Waals surface area contributed by atoms with Gasteiger partial charge in [-0.15, -0.1) is 0 Å². The van der Waals surface area contributed by atoms with Crippen molar-refractivity contribution in [1.29, 1.82) is 0 Å². The number of hydrogen-bond donors (Lipinski definition) is 0. The zero-order valence-corrected chi connectivity index (χ0v) is 17.3. The van der Waals surface area contributed by atoms with Gasteiger partial charge in [-0.25, -0.2) is 0 Å². The number of unbranched alkanes of at least 4 members (excludes halogenated alkanes) is 9. The molecule has 0 saturated carbocycles. The van der Waals surface area contributed by atoms with Crippen LogP contribution in [0.3, 0.4) is 0 Å². The van der Waals surface area contributed by atoms with Gasteiger partial charge in [-0.1, -0.05) is 94.7 Å². The molecule has 0 fully saturated rings. The molecule has 0 aliphatic rings. The molecule has 25 heavy (non-hydrogen) atoms. The van der Waals surface area contributed by atoms with Crippen LogP contribution >= 0.6 is 11.8 Å². The van der Waals surface area contributed by atoms with Gasteiger partial charge in [0.1, 0.15) is 0 Å². The summed E-state index contributed by atoms with van der Waals surface area (Å²) in [6, 6.07) is 10.8. The highest BCUT2D eigenvalue weighted by atomic mass is 35.5. The van der Waals surface area contributed by atoms with Gasteiger partial charge < -0.3 is 12.4 Å². The van der Waals surface area contributed by atoms with E-state index < -0.39 is 0 Å². The highest BCUT2D eigenvalue weighted by Crippen LogP contribution is 2.13. The van der Waals surface area contributed by atoms with E-state index in [1.165, 1.54) is 80.7 Å². The first-order valence-corrected chi connectivity index (χ1v) is 11.0. The maximum Gasteiger partial charge on any atom is 0.194 e. The van der Waals surface area contributed by atoms with Crippen LogP contribution < -0.4 is 17.0 Å². The van der Waals surface area contributed by atoms with Crippen molar-refractivity contribution in [1.82, 2.24) is 0 Å². The lowest BCUT2D eigenvalue weighted by molar-refractivity contribution is -0.674. The molecule has 2 rings (SSSR count). The molecule has 0 radical (unpaired) electrons. The van der Waals surface area contributed by atoms with E-state index in [1.807, 2.05) is 0 Å². The molecule has 1 aromatic carbocycles. The van der Waals surface area contributed by atoms with Crippen molar-refractivity contribution in [3.8, 4) is 0 Å². The number of halogens is 1. The summed E-state index contributed by atoms with van der Waals surface area (Å²) in [6.45, 7) is 2.29. The molecule has 1 nitrogen and oxygen atoms in total. The second-order valence-electron chi connectivity index (χ2n) is 6.81. The number of aromatic nitrogens is 1. The fourth-order valence-electron chi connectivity index (χ4n) is 3.12. The molecule has 0 spiro atoms. The quantitative estimate of drug-likeness (QED) is 0.378.